The Labute approximate surface area is 166 Å². The quantitative estimate of drug-likeness (QED) is 0.630. The van der Waals surface area contributed by atoms with Crippen LogP contribution in [-0.2, 0) is 14.8 Å². The maximum absolute atomic E-state index is 12.5. The standard InChI is InChI=1S/C16H18ClN3O7S/c1-24-7-8-28(22,23)20-15(21)14-10(17)5-4-6-11(14)27-16-18-12(25-2)9-13(19-16)26-3/h4-6,9H,7-8H2,1-3H3,(H,20,21). The largest absolute Gasteiger partial charge is 0.481 e. The molecule has 2 aromatic rings. The second-order valence-corrected chi connectivity index (χ2v) is 7.44. The summed E-state index contributed by atoms with van der Waals surface area (Å²) < 4.78 is 46.2. The van der Waals surface area contributed by atoms with E-state index >= 15 is 0 Å². The first-order valence-corrected chi connectivity index (χ1v) is 9.80. The van der Waals surface area contributed by atoms with Crippen LogP contribution >= 0.6 is 11.6 Å². The zero-order valence-electron chi connectivity index (χ0n) is 15.3. The van der Waals surface area contributed by atoms with E-state index in [4.69, 9.17) is 30.5 Å². The Morgan fingerprint density at radius 2 is 1.79 bits per heavy atom. The van der Waals surface area contributed by atoms with Gasteiger partial charge in [0, 0.05) is 7.11 Å². The number of hydrogen-bond donors (Lipinski definition) is 1. The first-order valence-electron chi connectivity index (χ1n) is 7.76. The van der Waals surface area contributed by atoms with Gasteiger partial charge in [0.15, 0.2) is 0 Å². The third-order valence-electron chi connectivity index (χ3n) is 3.28. The zero-order valence-corrected chi connectivity index (χ0v) is 16.8. The van der Waals surface area contributed by atoms with Gasteiger partial charge in [-0.05, 0) is 12.1 Å². The van der Waals surface area contributed by atoms with Crippen molar-refractivity contribution in [3.05, 3.63) is 34.9 Å². The number of nitrogens with zero attached hydrogens (tertiary/aromatic N) is 2. The van der Waals surface area contributed by atoms with Crippen LogP contribution in [0, 0.1) is 0 Å². The predicted octanol–water partition coefficient (Wildman–Crippen LogP) is 1.65. The Morgan fingerprint density at radius 3 is 2.36 bits per heavy atom. The number of sulfonamides is 1. The van der Waals surface area contributed by atoms with Gasteiger partial charge in [-0.25, -0.2) is 13.1 Å². The van der Waals surface area contributed by atoms with Crippen molar-refractivity contribution in [2.45, 2.75) is 0 Å². The van der Waals surface area contributed by atoms with Crippen molar-refractivity contribution in [3.8, 4) is 23.5 Å². The van der Waals surface area contributed by atoms with Crippen LogP contribution in [0.1, 0.15) is 10.4 Å². The number of amides is 1. The van der Waals surface area contributed by atoms with Gasteiger partial charge in [-0.1, -0.05) is 17.7 Å². The van der Waals surface area contributed by atoms with E-state index in [1.165, 1.54) is 45.6 Å². The monoisotopic (exact) mass is 431 g/mol. The molecule has 28 heavy (non-hydrogen) atoms. The lowest BCUT2D eigenvalue weighted by atomic mass is 10.2. The number of rotatable bonds is 9. The summed E-state index contributed by atoms with van der Waals surface area (Å²) in [6.45, 7) is -0.0774. The van der Waals surface area contributed by atoms with Crippen molar-refractivity contribution < 1.29 is 32.2 Å². The number of aromatic nitrogens is 2. The molecule has 0 aliphatic carbocycles. The lowest BCUT2D eigenvalue weighted by Gasteiger charge is -2.13. The maximum Gasteiger partial charge on any atom is 0.328 e. The number of ether oxygens (including phenoxy) is 4. The highest BCUT2D eigenvalue weighted by atomic mass is 35.5. The van der Waals surface area contributed by atoms with Gasteiger partial charge in [-0.2, -0.15) is 9.97 Å². The van der Waals surface area contributed by atoms with Gasteiger partial charge in [-0.15, -0.1) is 0 Å². The minimum atomic E-state index is -3.93. The van der Waals surface area contributed by atoms with Crippen LogP contribution < -0.4 is 18.9 Å². The van der Waals surface area contributed by atoms with E-state index in [0.717, 1.165) is 0 Å². The number of hydrogen-bond acceptors (Lipinski definition) is 9. The van der Waals surface area contributed by atoms with Crippen LogP contribution in [0.4, 0.5) is 0 Å². The Balaban J connectivity index is 2.35. The van der Waals surface area contributed by atoms with Crippen molar-refractivity contribution in [3.63, 3.8) is 0 Å². The van der Waals surface area contributed by atoms with E-state index in [1.807, 2.05) is 4.72 Å². The van der Waals surface area contributed by atoms with Gasteiger partial charge in [0.2, 0.25) is 21.8 Å². The molecule has 2 rings (SSSR count). The van der Waals surface area contributed by atoms with E-state index < -0.39 is 21.7 Å². The number of halogens is 1. The molecule has 0 saturated heterocycles. The second-order valence-electron chi connectivity index (χ2n) is 5.19. The first-order chi connectivity index (χ1) is 13.3. The normalized spacial score (nSPS) is 11.0. The number of carbonyl (C=O) groups is 1. The summed E-state index contributed by atoms with van der Waals surface area (Å²) in [4.78, 5) is 20.5. The van der Waals surface area contributed by atoms with Gasteiger partial charge in [0.05, 0.1) is 37.7 Å². The molecule has 0 bridgehead atoms. The van der Waals surface area contributed by atoms with Crippen LogP contribution in [0.15, 0.2) is 24.3 Å². The molecule has 0 unspecified atom stereocenters. The highest BCUT2D eigenvalue weighted by Crippen LogP contribution is 2.30. The number of carbonyl (C=O) groups excluding carboxylic acids is 1. The van der Waals surface area contributed by atoms with E-state index in [9.17, 15) is 13.2 Å². The minimum Gasteiger partial charge on any atom is -0.481 e. The molecule has 1 N–H and O–H groups in total. The summed E-state index contributed by atoms with van der Waals surface area (Å²) in [7, 11) is 0.213. The molecule has 0 fully saturated rings. The third kappa shape index (κ3) is 5.68. The molecule has 1 amide bonds. The molecule has 0 saturated carbocycles. The molecule has 1 aromatic carbocycles. The Bertz CT molecular complexity index is 931. The molecule has 0 radical (unpaired) electrons. The van der Waals surface area contributed by atoms with Gasteiger partial charge < -0.3 is 18.9 Å². The molecule has 1 aromatic heterocycles. The Morgan fingerprint density at radius 1 is 1.14 bits per heavy atom. The van der Waals surface area contributed by atoms with Gasteiger partial charge in [-0.3, -0.25) is 4.79 Å². The summed E-state index contributed by atoms with van der Waals surface area (Å²) in [5.74, 6) is -1.09. The summed E-state index contributed by atoms with van der Waals surface area (Å²) in [5, 5.41) is -0.0215. The smallest absolute Gasteiger partial charge is 0.328 e. The molecule has 1 heterocycles. The van der Waals surface area contributed by atoms with Gasteiger partial charge in [0.25, 0.3) is 5.91 Å². The molecule has 0 atom stereocenters. The fourth-order valence-corrected chi connectivity index (χ4v) is 3.11. The zero-order chi connectivity index (χ0) is 20.7. The number of benzene rings is 1. The fraction of sp³-hybridized carbons (Fsp3) is 0.312. The van der Waals surface area contributed by atoms with Crippen LogP contribution in [0.5, 0.6) is 23.5 Å². The summed E-state index contributed by atoms with van der Waals surface area (Å²) in [6.07, 6.45) is 0. The van der Waals surface area contributed by atoms with Gasteiger partial charge >= 0.3 is 6.01 Å². The molecule has 0 aliphatic rings. The van der Waals surface area contributed by atoms with Crippen molar-refractivity contribution in [1.29, 1.82) is 0 Å². The number of nitrogens with one attached hydrogen (secondary N) is 1. The van der Waals surface area contributed by atoms with Gasteiger partial charge in [0.1, 0.15) is 11.3 Å². The van der Waals surface area contributed by atoms with Crippen molar-refractivity contribution >= 4 is 27.5 Å². The molecule has 0 aliphatic heterocycles. The minimum absolute atomic E-state index is 0.0215. The van der Waals surface area contributed by atoms with Crippen molar-refractivity contribution in [1.82, 2.24) is 14.7 Å². The Hall–Kier alpha value is -2.63. The average Bonchev–Trinajstić information content (AvgIpc) is 2.65. The lowest BCUT2D eigenvalue weighted by molar-refractivity contribution is 0.0979. The highest BCUT2D eigenvalue weighted by molar-refractivity contribution is 7.90. The summed E-state index contributed by atoms with van der Waals surface area (Å²) >= 11 is 6.09. The molecule has 0 spiro atoms. The SMILES string of the molecule is COCCS(=O)(=O)NC(=O)c1c(Cl)cccc1Oc1nc(OC)cc(OC)n1. The predicted molar refractivity (Wildman–Crippen MR) is 99.8 cm³/mol. The third-order valence-corrected chi connectivity index (χ3v) is 4.80. The molecule has 10 nitrogen and oxygen atoms in total. The van der Waals surface area contributed by atoms with E-state index in [-0.39, 0.29) is 40.7 Å². The number of methoxy groups -OCH3 is 3. The molecule has 152 valence electrons. The summed E-state index contributed by atoms with van der Waals surface area (Å²) in [5.41, 5.74) is -0.199. The van der Waals surface area contributed by atoms with Crippen LogP contribution in [0.2, 0.25) is 5.02 Å². The molecular weight excluding hydrogens is 414 g/mol. The van der Waals surface area contributed by atoms with Crippen LogP contribution in [0.25, 0.3) is 0 Å². The highest BCUT2D eigenvalue weighted by Gasteiger charge is 2.23. The Kier molecular flexibility index (Phi) is 7.38. The van der Waals surface area contributed by atoms with E-state index in [2.05, 4.69) is 9.97 Å². The lowest BCUT2D eigenvalue weighted by Crippen LogP contribution is -2.34. The molecule has 12 heteroatoms. The maximum atomic E-state index is 12.5. The fourth-order valence-electron chi connectivity index (χ4n) is 1.98. The van der Waals surface area contributed by atoms with Crippen LogP contribution in [-0.4, -0.2) is 58.0 Å². The van der Waals surface area contributed by atoms with E-state index in [0.29, 0.717) is 0 Å². The van der Waals surface area contributed by atoms with Crippen molar-refractivity contribution in [2.24, 2.45) is 0 Å². The van der Waals surface area contributed by atoms with Crippen molar-refractivity contribution in [2.75, 3.05) is 33.7 Å². The first kappa shape index (κ1) is 21.7. The second kappa shape index (κ2) is 9.53. The molecular formula is C16H18ClN3O7S. The van der Waals surface area contributed by atoms with Crippen LogP contribution in [0.3, 0.4) is 0 Å². The average molecular weight is 432 g/mol. The summed E-state index contributed by atoms with van der Waals surface area (Å²) in [6, 6.07) is 5.59. The van der Waals surface area contributed by atoms with E-state index in [1.54, 1.807) is 0 Å². The topological polar surface area (TPSA) is 126 Å².